The third-order valence-electron chi connectivity index (χ3n) is 8.47. The first-order valence-electron chi connectivity index (χ1n) is 14.2. The lowest BCUT2D eigenvalue weighted by Crippen LogP contribution is -2.39. The Balaban J connectivity index is 1.20. The van der Waals surface area contributed by atoms with Crippen LogP contribution in [0.4, 0.5) is 4.79 Å². The van der Waals surface area contributed by atoms with Crippen LogP contribution in [0.5, 0.6) is 11.5 Å². The largest absolute Gasteiger partial charge is 0.481 e. The predicted octanol–water partition coefficient (Wildman–Crippen LogP) is 6.87. The topological polar surface area (TPSA) is 110 Å². The van der Waals surface area contributed by atoms with E-state index in [9.17, 15) is 23.1 Å². The molecule has 0 spiro atoms. The minimum atomic E-state index is -4.01. The smallest absolute Gasteiger partial charge is 0.409 e. The van der Waals surface area contributed by atoms with Crippen molar-refractivity contribution in [3.05, 3.63) is 119 Å². The van der Waals surface area contributed by atoms with Crippen molar-refractivity contribution in [3.8, 4) is 22.6 Å². The maximum atomic E-state index is 13.8. The first-order chi connectivity index (χ1) is 21.2. The second kappa shape index (κ2) is 12.0. The van der Waals surface area contributed by atoms with E-state index in [0.29, 0.717) is 22.1 Å². The average molecular weight is 632 g/mol. The zero-order valence-electron chi connectivity index (χ0n) is 23.7. The van der Waals surface area contributed by atoms with E-state index in [2.05, 4.69) is 0 Å². The van der Waals surface area contributed by atoms with Gasteiger partial charge in [-0.15, -0.1) is 0 Å². The third kappa shape index (κ3) is 5.65. The molecule has 1 heterocycles. The van der Waals surface area contributed by atoms with Gasteiger partial charge in [0.25, 0.3) is 0 Å². The Labute approximate surface area is 260 Å². The summed E-state index contributed by atoms with van der Waals surface area (Å²) in [5.74, 6) is -0.782. The fourth-order valence-corrected chi connectivity index (χ4v) is 8.43. The first-order valence-corrected chi connectivity index (χ1v) is 16.3. The van der Waals surface area contributed by atoms with Crippen LogP contribution in [-0.4, -0.2) is 55.9 Å². The normalized spacial score (nSPS) is 19.0. The number of carboxylic acid groups (broad SMARTS) is 1. The van der Waals surface area contributed by atoms with Gasteiger partial charge in [-0.1, -0.05) is 72.3 Å². The number of nitrogens with zero attached hydrogens (tertiary/aromatic N) is 1. The average Bonchev–Trinajstić information content (AvgIpc) is 3.26. The molecule has 4 aromatic rings. The van der Waals surface area contributed by atoms with Crippen molar-refractivity contribution in [2.24, 2.45) is 0 Å². The van der Waals surface area contributed by atoms with Gasteiger partial charge in [0.1, 0.15) is 22.9 Å². The van der Waals surface area contributed by atoms with Gasteiger partial charge in [-0.25, -0.2) is 13.2 Å². The summed E-state index contributed by atoms with van der Waals surface area (Å²) in [6.07, 6.45) is -1.35. The second-order valence-corrected chi connectivity index (χ2v) is 13.9. The molecule has 0 bridgehead atoms. The van der Waals surface area contributed by atoms with E-state index in [-0.39, 0.29) is 32.0 Å². The molecule has 1 aliphatic heterocycles. The number of rotatable bonds is 7. The Hall–Kier alpha value is -4.34. The number of benzene rings is 4. The van der Waals surface area contributed by atoms with Gasteiger partial charge >= 0.3 is 12.1 Å². The maximum Gasteiger partial charge on any atom is 0.409 e. The van der Waals surface area contributed by atoms with E-state index < -0.39 is 38.8 Å². The van der Waals surface area contributed by atoms with Crippen LogP contribution in [0.3, 0.4) is 0 Å². The van der Waals surface area contributed by atoms with Gasteiger partial charge in [-0.2, -0.15) is 0 Å². The zero-order valence-corrected chi connectivity index (χ0v) is 25.3. The Morgan fingerprint density at radius 1 is 0.841 bits per heavy atom. The van der Waals surface area contributed by atoms with E-state index in [1.165, 1.54) is 4.90 Å². The van der Waals surface area contributed by atoms with Gasteiger partial charge in [-0.05, 0) is 70.6 Å². The number of amides is 1. The van der Waals surface area contributed by atoms with Crippen molar-refractivity contribution in [2.45, 2.75) is 23.5 Å². The molecule has 44 heavy (non-hydrogen) atoms. The van der Waals surface area contributed by atoms with Gasteiger partial charge < -0.3 is 19.5 Å². The van der Waals surface area contributed by atoms with Crippen molar-refractivity contribution in [3.63, 3.8) is 0 Å². The second-order valence-electron chi connectivity index (χ2n) is 11.0. The van der Waals surface area contributed by atoms with Crippen molar-refractivity contribution >= 4 is 33.5 Å². The van der Waals surface area contributed by atoms with E-state index in [4.69, 9.17) is 21.1 Å². The van der Waals surface area contributed by atoms with Crippen LogP contribution in [0.1, 0.15) is 35.4 Å². The summed E-state index contributed by atoms with van der Waals surface area (Å²) < 4.78 is 37.5. The van der Waals surface area contributed by atoms with Crippen LogP contribution in [0, 0.1) is 0 Å². The van der Waals surface area contributed by atoms with Crippen molar-refractivity contribution < 1.29 is 32.6 Å². The Kier molecular flexibility index (Phi) is 8.09. The molecule has 1 fully saturated rings. The number of sulfone groups is 1. The van der Waals surface area contributed by atoms with E-state index in [0.717, 1.165) is 22.3 Å². The fraction of sp³-hybridized carbons (Fsp3) is 0.235. The van der Waals surface area contributed by atoms with Crippen molar-refractivity contribution in [2.75, 3.05) is 25.4 Å². The number of carboxylic acids is 1. The standard InChI is InChI=1S/C34H30ClNO7S/c35-24-11-15-26(16-12-24)43-25-13-9-23(10-14-25)34(21-32(37)38)17-18-36(19-20-44(34,40)41)33(39)42-22-31-29-7-3-1-5-27(29)28-6-2-4-8-30(28)31/h1-16,31H,17-22H2,(H,37,38). The number of halogens is 1. The molecule has 10 heteroatoms. The summed E-state index contributed by atoms with van der Waals surface area (Å²) >= 11 is 5.94. The highest BCUT2D eigenvalue weighted by molar-refractivity contribution is 7.92. The van der Waals surface area contributed by atoms with Crippen LogP contribution < -0.4 is 4.74 Å². The Bertz CT molecular complexity index is 1760. The monoisotopic (exact) mass is 631 g/mol. The summed E-state index contributed by atoms with van der Waals surface area (Å²) in [5, 5.41) is 10.4. The molecule has 1 unspecified atom stereocenters. The van der Waals surface area contributed by atoms with E-state index >= 15 is 0 Å². The van der Waals surface area contributed by atoms with Crippen LogP contribution in [0.25, 0.3) is 11.1 Å². The fourth-order valence-electron chi connectivity index (χ4n) is 6.21. The Morgan fingerprint density at radius 3 is 2.00 bits per heavy atom. The molecule has 8 nitrogen and oxygen atoms in total. The molecule has 0 saturated carbocycles. The highest BCUT2D eigenvalue weighted by Gasteiger charge is 2.49. The zero-order chi connectivity index (χ0) is 30.9. The van der Waals surface area contributed by atoms with Crippen LogP contribution in [0.15, 0.2) is 97.1 Å². The molecule has 6 rings (SSSR count). The summed E-state index contributed by atoms with van der Waals surface area (Å²) in [5.41, 5.74) is 4.69. The van der Waals surface area contributed by atoms with Crippen LogP contribution in [-0.2, 0) is 24.1 Å². The minimum Gasteiger partial charge on any atom is -0.481 e. The number of hydrogen-bond acceptors (Lipinski definition) is 6. The molecular formula is C34H30ClNO7S. The number of ether oxygens (including phenoxy) is 2. The Morgan fingerprint density at radius 2 is 1.41 bits per heavy atom. The lowest BCUT2D eigenvalue weighted by atomic mass is 9.91. The maximum absolute atomic E-state index is 13.8. The summed E-state index contributed by atoms with van der Waals surface area (Å²) in [7, 11) is -4.01. The molecule has 1 aliphatic carbocycles. The highest BCUT2D eigenvalue weighted by Crippen LogP contribution is 2.45. The SMILES string of the molecule is O=C(O)CC1(c2ccc(Oc3ccc(Cl)cc3)cc2)CCN(C(=O)OCC2c3ccccc3-c3ccccc32)CCS1(=O)=O. The number of carbonyl (C=O) groups excluding carboxylic acids is 1. The minimum absolute atomic E-state index is 0.0200. The van der Waals surface area contributed by atoms with Crippen molar-refractivity contribution in [1.82, 2.24) is 4.90 Å². The van der Waals surface area contributed by atoms with Gasteiger partial charge in [0.2, 0.25) is 0 Å². The van der Waals surface area contributed by atoms with Crippen LogP contribution >= 0.6 is 11.6 Å². The molecule has 0 radical (unpaired) electrons. The predicted molar refractivity (Wildman–Crippen MR) is 167 cm³/mol. The van der Waals surface area contributed by atoms with Gasteiger partial charge in [0.05, 0.1) is 12.2 Å². The van der Waals surface area contributed by atoms with E-state index in [1.807, 2.05) is 48.5 Å². The van der Waals surface area contributed by atoms with Gasteiger partial charge in [0.15, 0.2) is 9.84 Å². The lowest BCUT2D eigenvalue weighted by molar-refractivity contribution is -0.137. The number of aliphatic carboxylic acids is 1. The number of fused-ring (bicyclic) bond motifs is 3. The molecule has 1 N–H and O–H groups in total. The van der Waals surface area contributed by atoms with Gasteiger partial charge in [0, 0.05) is 24.0 Å². The quantitative estimate of drug-likeness (QED) is 0.237. The summed E-state index contributed by atoms with van der Waals surface area (Å²) in [6, 6.07) is 29.2. The molecule has 1 saturated heterocycles. The lowest BCUT2D eigenvalue weighted by Gasteiger charge is -2.31. The number of hydrogen-bond donors (Lipinski definition) is 1. The molecular weight excluding hydrogens is 602 g/mol. The van der Waals surface area contributed by atoms with Crippen LogP contribution in [0.2, 0.25) is 5.02 Å². The highest BCUT2D eigenvalue weighted by atomic mass is 35.5. The molecule has 1 amide bonds. The summed E-state index contributed by atoms with van der Waals surface area (Å²) in [6.45, 7) is 0.0236. The molecule has 0 aromatic heterocycles. The molecule has 1 atom stereocenters. The first kappa shape index (κ1) is 29.7. The third-order valence-corrected chi connectivity index (χ3v) is 11.2. The number of carbonyl (C=O) groups is 2. The molecule has 2 aliphatic rings. The van der Waals surface area contributed by atoms with Crippen molar-refractivity contribution in [1.29, 1.82) is 0 Å². The van der Waals surface area contributed by atoms with Gasteiger partial charge in [-0.3, -0.25) is 4.79 Å². The molecule has 226 valence electrons. The van der Waals surface area contributed by atoms with E-state index in [1.54, 1.807) is 48.5 Å². The molecule has 4 aromatic carbocycles. The summed E-state index contributed by atoms with van der Waals surface area (Å²) in [4.78, 5) is 26.7.